The Morgan fingerprint density at radius 3 is 2.26 bits per heavy atom. The van der Waals surface area contributed by atoms with E-state index in [-0.39, 0.29) is 34.6 Å². The summed E-state index contributed by atoms with van der Waals surface area (Å²) in [5.41, 5.74) is 1.01. The van der Waals surface area contributed by atoms with Gasteiger partial charge in [0.15, 0.2) is 5.58 Å². The fraction of sp³-hybridized carbons (Fsp3) is 0.276. The number of alkyl halides is 3. The molecule has 0 aliphatic carbocycles. The molecular formula is C29H29F3N2O4+2. The zero-order chi connectivity index (χ0) is 26.9. The first-order valence-corrected chi connectivity index (χ1v) is 12.5. The van der Waals surface area contributed by atoms with Gasteiger partial charge in [-0.25, -0.2) is 0 Å². The molecule has 1 saturated heterocycles. The number of hydrogen-bond donors (Lipinski definition) is 3. The molecule has 0 atom stereocenters. The first-order valence-electron chi connectivity index (χ1n) is 12.5. The summed E-state index contributed by atoms with van der Waals surface area (Å²) in [6.07, 6.45) is -4.98. The molecule has 3 N–H and O–H groups in total. The fourth-order valence-corrected chi connectivity index (χ4v) is 4.98. The second kappa shape index (κ2) is 10.5. The Hall–Kier alpha value is -3.82. The molecule has 0 unspecified atom stereocenters. The van der Waals surface area contributed by atoms with Crippen LogP contribution in [0.3, 0.4) is 0 Å². The van der Waals surface area contributed by atoms with Gasteiger partial charge in [0.05, 0.1) is 10.9 Å². The summed E-state index contributed by atoms with van der Waals surface area (Å²) < 4.78 is 53.0. The predicted molar refractivity (Wildman–Crippen MR) is 136 cm³/mol. The lowest BCUT2D eigenvalue weighted by Gasteiger charge is -2.30. The fourth-order valence-electron chi connectivity index (χ4n) is 4.98. The van der Waals surface area contributed by atoms with Crippen molar-refractivity contribution in [2.45, 2.75) is 26.2 Å². The van der Waals surface area contributed by atoms with Crippen molar-refractivity contribution in [3.63, 3.8) is 0 Å². The van der Waals surface area contributed by atoms with Gasteiger partial charge in [0.2, 0.25) is 11.2 Å². The average molecular weight is 527 g/mol. The van der Waals surface area contributed by atoms with Crippen molar-refractivity contribution < 1.29 is 37.2 Å². The van der Waals surface area contributed by atoms with Crippen molar-refractivity contribution in [1.82, 2.24) is 0 Å². The summed E-state index contributed by atoms with van der Waals surface area (Å²) >= 11 is 0. The molecule has 1 fully saturated rings. The van der Waals surface area contributed by atoms with Gasteiger partial charge in [-0.1, -0.05) is 42.5 Å². The Labute approximate surface area is 217 Å². The van der Waals surface area contributed by atoms with E-state index < -0.39 is 23.1 Å². The SMILES string of the molecule is Cc1cccc(Oc2c(C(F)(F)F)oc3c(C[NH+]4CC[NH+](Cc5ccccc5)CC4)c(O)ccc3c2=O)c1. The second-order valence-electron chi connectivity index (χ2n) is 9.78. The highest BCUT2D eigenvalue weighted by molar-refractivity contribution is 5.83. The molecule has 1 aromatic heterocycles. The highest BCUT2D eigenvalue weighted by Crippen LogP contribution is 2.39. The zero-order valence-corrected chi connectivity index (χ0v) is 20.9. The maximum absolute atomic E-state index is 14.1. The van der Waals surface area contributed by atoms with E-state index in [1.54, 1.807) is 19.1 Å². The Bertz CT molecular complexity index is 1490. The molecule has 1 aliphatic heterocycles. The number of fused-ring (bicyclic) bond motifs is 1. The van der Waals surface area contributed by atoms with Crippen molar-refractivity contribution in [3.05, 3.63) is 99.4 Å². The molecule has 4 aromatic rings. The van der Waals surface area contributed by atoms with E-state index in [0.717, 1.165) is 43.2 Å². The lowest BCUT2D eigenvalue weighted by molar-refractivity contribution is -1.02. The number of aromatic hydroxyl groups is 1. The topological polar surface area (TPSA) is 68.6 Å². The summed E-state index contributed by atoms with van der Waals surface area (Å²) in [4.78, 5) is 15.8. The van der Waals surface area contributed by atoms with E-state index in [1.165, 1.54) is 34.7 Å². The second-order valence-corrected chi connectivity index (χ2v) is 9.78. The molecular weight excluding hydrogens is 497 g/mol. The van der Waals surface area contributed by atoms with E-state index in [1.807, 2.05) is 18.2 Å². The molecule has 5 rings (SSSR count). The number of hydrogen-bond acceptors (Lipinski definition) is 4. The van der Waals surface area contributed by atoms with Crippen LogP contribution in [0.4, 0.5) is 13.2 Å². The average Bonchev–Trinajstić information content (AvgIpc) is 2.88. The van der Waals surface area contributed by atoms with Crippen LogP contribution in [-0.2, 0) is 19.3 Å². The number of phenols is 1. The van der Waals surface area contributed by atoms with Crippen LogP contribution in [0, 0.1) is 6.92 Å². The molecule has 0 bridgehead atoms. The molecule has 0 amide bonds. The van der Waals surface area contributed by atoms with Crippen molar-refractivity contribution in [2.75, 3.05) is 26.2 Å². The van der Waals surface area contributed by atoms with Crippen LogP contribution in [0.2, 0.25) is 0 Å². The van der Waals surface area contributed by atoms with Crippen LogP contribution in [-0.4, -0.2) is 31.3 Å². The summed E-state index contributed by atoms with van der Waals surface area (Å²) in [5, 5.41) is 10.5. The Kier molecular flexibility index (Phi) is 7.14. The summed E-state index contributed by atoms with van der Waals surface area (Å²) in [5.74, 6) is -2.54. The maximum atomic E-state index is 14.1. The van der Waals surface area contributed by atoms with Crippen LogP contribution >= 0.6 is 0 Å². The monoisotopic (exact) mass is 526 g/mol. The number of ether oxygens (including phenoxy) is 1. The lowest BCUT2D eigenvalue weighted by Crippen LogP contribution is -3.27. The van der Waals surface area contributed by atoms with Gasteiger partial charge in [-0.15, -0.1) is 0 Å². The molecule has 0 radical (unpaired) electrons. The van der Waals surface area contributed by atoms with Crippen LogP contribution < -0.4 is 20.0 Å². The van der Waals surface area contributed by atoms with Gasteiger partial charge in [0.25, 0.3) is 5.76 Å². The van der Waals surface area contributed by atoms with E-state index in [9.17, 15) is 23.1 Å². The molecule has 6 nitrogen and oxygen atoms in total. The van der Waals surface area contributed by atoms with Crippen LogP contribution in [0.15, 0.2) is 75.9 Å². The number of halogens is 3. The molecule has 38 heavy (non-hydrogen) atoms. The van der Waals surface area contributed by atoms with Gasteiger partial charge in [-0.3, -0.25) is 4.79 Å². The first kappa shape index (κ1) is 25.8. The van der Waals surface area contributed by atoms with Crippen LogP contribution in [0.25, 0.3) is 11.0 Å². The quantitative estimate of drug-likeness (QED) is 0.361. The summed E-state index contributed by atoms with van der Waals surface area (Å²) in [7, 11) is 0. The number of aryl methyl sites for hydroxylation is 1. The van der Waals surface area contributed by atoms with Crippen molar-refractivity contribution in [3.8, 4) is 17.2 Å². The third-order valence-electron chi connectivity index (χ3n) is 6.95. The predicted octanol–water partition coefficient (Wildman–Crippen LogP) is 3.10. The van der Waals surface area contributed by atoms with Crippen molar-refractivity contribution in [1.29, 1.82) is 0 Å². The van der Waals surface area contributed by atoms with Gasteiger partial charge < -0.3 is 24.1 Å². The van der Waals surface area contributed by atoms with Crippen molar-refractivity contribution in [2.24, 2.45) is 0 Å². The molecule has 2 heterocycles. The minimum Gasteiger partial charge on any atom is -0.507 e. The van der Waals surface area contributed by atoms with E-state index in [0.29, 0.717) is 0 Å². The number of phenolic OH excluding ortho intramolecular Hbond substituents is 1. The number of piperazine rings is 1. The van der Waals surface area contributed by atoms with E-state index in [2.05, 4.69) is 12.1 Å². The largest absolute Gasteiger partial charge is 0.507 e. The number of nitrogens with one attached hydrogen (secondary N) is 2. The molecule has 9 heteroatoms. The van der Waals surface area contributed by atoms with E-state index in [4.69, 9.17) is 9.15 Å². The summed E-state index contributed by atoms with van der Waals surface area (Å²) in [6, 6.07) is 19.2. The first-order chi connectivity index (χ1) is 18.2. The van der Waals surface area contributed by atoms with Gasteiger partial charge in [0, 0.05) is 5.56 Å². The molecule has 1 aliphatic rings. The van der Waals surface area contributed by atoms with E-state index >= 15 is 0 Å². The third kappa shape index (κ3) is 5.54. The zero-order valence-electron chi connectivity index (χ0n) is 20.9. The normalized spacial score (nSPS) is 18.0. The summed E-state index contributed by atoms with van der Waals surface area (Å²) in [6.45, 7) is 6.19. The Morgan fingerprint density at radius 2 is 1.61 bits per heavy atom. The van der Waals surface area contributed by atoms with Gasteiger partial charge >= 0.3 is 6.18 Å². The molecule has 0 spiro atoms. The number of benzene rings is 3. The van der Waals surface area contributed by atoms with Gasteiger partial charge in [-0.05, 0) is 36.8 Å². The minimum absolute atomic E-state index is 0.0683. The third-order valence-corrected chi connectivity index (χ3v) is 6.95. The highest BCUT2D eigenvalue weighted by Gasteiger charge is 2.41. The molecule has 198 valence electrons. The smallest absolute Gasteiger partial charge is 0.453 e. The number of rotatable bonds is 6. The standard InChI is InChI=1S/C29H27F3N2O4/c1-19-6-5-9-21(16-19)37-27-25(36)22-10-11-24(35)23(26(22)38-28(27)29(30,31)32)18-34-14-12-33(13-15-34)17-20-7-3-2-4-8-20/h2-11,16,35H,12-15,17-18H2,1H3/p+2. The highest BCUT2D eigenvalue weighted by atomic mass is 19.4. The van der Waals surface area contributed by atoms with Gasteiger partial charge in [-0.2, -0.15) is 13.2 Å². The minimum atomic E-state index is -4.98. The lowest BCUT2D eigenvalue weighted by atomic mass is 10.1. The molecule has 3 aromatic carbocycles. The Morgan fingerprint density at radius 1 is 0.921 bits per heavy atom. The number of quaternary nitrogens is 2. The van der Waals surface area contributed by atoms with Gasteiger partial charge in [0.1, 0.15) is 50.8 Å². The molecule has 0 saturated carbocycles. The van der Waals surface area contributed by atoms with Crippen LogP contribution in [0.5, 0.6) is 17.2 Å². The van der Waals surface area contributed by atoms with Crippen LogP contribution in [0.1, 0.15) is 22.5 Å². The Balaban J connectivity index is 1.44. The van der Waals surface area contributed by atoms with Crippen molar-refractivity contribution >= 4 is 11.0 Å². The maximum Gasteiger partial charge on any atom is 0.453 e.